The number of alkyl halides is 3. The van der Waals surface area contributed by atoms with Crippen molar-refractivity contribution >= 4 is 5.91 Å². The summed E-state index contributed by atoms with van der Waals surface area (Å²) in [5.74, 6) is -0.0397. The third kappa shape index (κ3) is 3.45. The molecule has 1 saturated carbocycles. The molecule has 1 aromatic carbocycles. The predicted molar refractivity (Wildman–Crippen MR) is 80.1 cm³/mol. The Hall–Kier alpha value is -2.58. The number of hydrogen-bond acceptors (Lipinski definition) is 4. The van der Waals surface area contributed by atoms with Gasteiger partial charge < -0.3 is 9.64 Å². The van der Waals surface area contributed by atoms with E-state index in [4.69, 9.17) is 0 Å². The summed E-state index contributed by atoms with van der Waals surface area (Å²) in [7, 11) is 0. The number of benzene rings is 1. The lowest BCUT2D eigenvalue weighted by atomic mass is 10.1. The quantitative estimate of drug-likeness (QED) is 0.849. The summed E-state index contributed by atoms with van der Waals surface area (Å²) >= 11 is 0. The fourth-order valence-electron chi connectivity index (χ4n) is 2.81. The Bertz CT molecular complexity index is 777. The summed E-state index contributed by atoms with van der Waals surface area (Å²) in [5.41, 5.74) is 1.33. The maximum Gasteiger partial charge on any atom is 0.573 e. The van der Waals surface area contributed by atoms with Gasteiger partial charge in [-0.05, 0) is 37.1 Å². The molecular weight excluding hydrogens is 337 g/mol. The smallest absolute Gasteiger partial charge is 0.406 e. The van der Waals surface area contributed by atoms with Crippen LogP contribution in [0, 0.1) is 0 Å². The maximum absolute atomic E-state index is 12.3. The van der Waals surface area contributed by atoms with E-state index in [9.17, 15) is 18.0 Å². The first-order chi connectivity index (χ1) is 11.9. The molecule has 1 amide bonds. The van der Waals surface area contributed by atoms with E-state index >= 15 is 0 Å². The molecule has 1 aromatic heterocycles. The number of carbonyl (C=O) groups is 1. The van der Waals surface area contributed by atoms with Crippen molar-refractivity contribution in [3.63, 3.8) is 0 Å². The van der Waals surface area contributed by atoms with E-state index < -0.39 is 6.36 Å². The van der Waals surface area contributed by atoms with Gasteiger partial charge >= 0.3 is 6.36 Å². The van der Waals surface area contributed by atoms with E-state index in [1.807, 2.05) is 6.20 Å². The van der Waals surface area contributed by atoms with Crippen LogP contribution in [0.2, 0.25) is 0 Å². The van der Waals surface area contributed by atoms with Crippen LogP contribution >= 0.6 is 0 Å². The summed E-state index contributed by atoms with van der Waals surface area (Å²) < 4.78 is 42.0. The third-order valence-corrected chi connectivity index (χ3v) is 4.38. The lowest BCUT2D eigenvalue weighted by Gasteiger charge is -2.38. The molecule has 6 nitrogen and oxygen atoms in total. The number of likely N-dealkylation sites (tertiary alicyclic amines) is 1. The molecule has 1 saturated heterocycles. The number of halogens is 3. The number of nitrogens with zero attached hydrogens (tertiary/aromatic N) is 4. The van der Waals surface area contributed by atoms with Crippen LogP contribution in [0.4, 0.5) is 13.2 Å². The Balaban J connectivity index is 1.34. The lowest BCUT2D eigenvalue weighted by molar-refractivity contribution is -0.274. The molecule has 0 bridgehead atoms. The van der Waals surface area contributed by atoms with Gasteiger partial charge in [-0.15, -0.1) is 18.3 Å². The molecule has 0 atom stereocenters. The van der Waals surface area contributed by atoms with Crippen molar-refractivity contribution in [2.75, 3.05) is 13.1 Å². The zero-order valence-electron chi connectivity index (χ0n) is 13.1. The van der Waals surface area contributed by atoms with E-state index in [0.717, 1.165) is 30.7 Å². The molecule has 1 aliphatic carbocycles. The Kier molecular flexibility index (Phi) is 3.66. The van der Waals surface area contributed by atoms with Crippen LogP contribution in [0.5, 0.6) is 5.75 Å². The van der Waals surface area contributed by atoms with E-state index in [2.05, 4.69) is 15.0 Å². The summed E-state index contributed by atoms with van der Waals surface area (Å²) in [5, 5.41) is 8.27. The molecule has 2 fully saturated rings. The van der Waals surface area contributed by atoms with Crippen molar-refractivity contribution in [2.24, 2.45) is 0 Å². The van der Waals surface area contributed by atoms with Gasteiger partial charge in [0.15, 0.2) is 0 Å². The largest absolute Gasteiger partial charge is 0.573 e. The van der Waals surface area contributed by atoms with Crippen molar-refractivity contribution in [1.82, 2.24) is 19.9 Å². The molecule has 2 aromatic rings. The molecule has 0 N–H and O–H groups in total. The third-order valence-electron chi connectivity index (χ3n) is 4.38. The normalized spacial score (nSPS) is 18.1. The monoisotopic (exact) mass is 352 g/mol. The second-order valence-electron chi connectivity index (χ2n) is 6.33. The fourth-order valence-corrected chi connectivity index (χ4v) is 2.81. The number of carbonyl (C=O) groups excluding carboxylic acids is 1. The summed E-state index contributed by atoms with van der Waals surface area (Å²) in [6.07, 6.45) is -0.495. The first-order valence-corrected chi connectivity index (χ1v) is 7.96. The molecule has 1 aliphatic heterocycles. The molecule has 0 radical (unpaired) electrons. The molecule has 2 heterocycles. The number of amides is 1. The van der Waals surface area contributed by atoms with Crippen molar-refractivity contribution < 1.29 is 22.7 Å². The van der Waals surface area contributed by atoms with Crippen LogP contribution in [-0.2, 0) is 0 Å². The molecule has 9 heteroatoms. The average molecular weight is 352 g/mol. The van der Waals surface area contributed by atoms with Gasteiger partial charge in [-0.3, -0.25) is 4.79 Å². The van der Waals surface area contributed by atoms with Gasteiger partial charge in [0.2, 0.25) is 0 Å². The number of hydrogen-bond donors (Lipinski definition) is 0. The SMILES string of the molecule is O=C(c1ccc(OC(F)(F)F)cc1)N1CC(n2cc(C3CC3)nn2)C1. The highest BCUT2D eigenvalue weighted by molar-refractivity contribution is 5.94. The van der Waals surface area contributed by atoms with Gasteiger partial charge in [0, 0.05) is 30.8 Å². The molecule has 0 spiro atoms. The van der Waals surface area contributed by atoms with Crippen molar-refractivity contribution in [1.29, 1.82) is 0 Å². The van der Waals surface area contributed by atoms with E-state index in [1.165, 1.54) is 12.1 Å². The average Bonchev–Trinajstić information content (AvgIpc) is 3.24. The zero-order valence-corrected chi connectivity index (χ0v) is 13.1. The van der Waals surface area contributed by atoms with Crippen LogP contribution in [-0.4, -0.2) is 45.3 Å². The number of rotatable bonds is 4. The van der Waals surface area contributed by atoms with E-state index in [1.54, 1.807) is 9.58 Å². The van der Waals surface area contributed by atoms with Gasteiger partial charge in [-0.25, -0.2) is 4.68 Å². The van der Waals surface area contributed by atoms with E-state index in [-0.39, 0.29) is 17.7 Å². The minimum Gasteiger partial charge on any atom is -0.406 e. The molecule has 132 valence electrons. The predicted octanol–water partition coefficient (Wildman–Crippen LogP) is 2.75. The van der Waals surface area contributed by atoms with Crippen LogP contribution < -0.4 is 4.74 Å². The van der Waals surface area contributed by atoms with Crippen molar-refractivity contribution in [3.8, 4) is 5.75 Å². The highest BCUT2D eigenvalue weighted by Crippen LogP contribution is 2.39. The van der Waals surface area contributed by atoms with Gasteiger partial charge in [0.1, 0.15) is 5.75 Å². The Labute approximate surface area is 141 Å². The maximum atomic E-state index is 12.3. The van der Waals surface area contributed by atoms with Crippen molar-refractivity contribution in [3.05, 3.63) is 41.7 Å². The Morgan fingerprint density at radius 2 is 1.84 bits per heavy atom. The highest BCUT2D eigenvalue weighted by atomic mass is 19.4. The van der Waals surface area contributed by atoms with Gasteiger partial charge in [0.05, 0.1) is 11.7 Å². The summed E-state index contributed by atoms with van der Waals surface area (Å²) in [4.78, 5) is 14.0. The van der Waals surface area contributed by atoms with Gasteiger partial charge in [0.25, 0.3) is 5.91 Å². The van der Waals surface area contributed by atoms with Crippen molar-refractivity contribution in [2.45, 2.75) is 31.2 Å². The van der Waals surface area contributed by atoms with Gasteiger partial charge in [-0.2, -0.15) is 0 Å². The zero-order chi connectivity index (χ0) is 17.6. The van der Waals surface area contributed by atoms with Gasteiger partial charge in [-0.1, -0.05) is 5.21 Å². The highest BCUT2D eigenvalue weighted by Gasteiger charge is 2.35. The summed E-state index contributed by atoms with van der Waals surface area (Å²) in [6, 6.07) is 5.03. The topological polar surface area (TPSA) is 60.2 Å². The van der Waals surface area contributed by atoms with Crippen LogP contribution in [0.15, 0.2) is 30.5 Å². The molecule has 4 rings (SSSR count). The summed E-state index contributed by atoms with van der Waals surface area (Å²) in [6.45, 7) is 1.01. The minimum atomic E-state index is -4.74. The molecule has 25 heavy (non-hydrogen) atoms. The second-order valence-corrected chi connectivity index (χ2v) is 6.33. The minimum absolute atomic E-state index is 0.0942. The lowest BCUT2D eigenvalue weighted by Crippen LogP contribution is -2.50. The Morgan fingerprint density at radius 1 is 1.16 bits per heavy atom. The fraction of sp³-hybridized carbons (Fsp3) is 0.438. The van der Waals surface area contributed by atoms with E-state index in [0.29, 0.717) is 24.6 Å². The number of aromatic nitrogens is 3. The first kappa shape index (κ1) is 15.9. The first-order valence-electron chi connectivity index (χ1n) is 7.96. The van der Waals surface area contributed by atoms with Crippen LogP contribution in [0.1, 0.15) is 40.9 Å². The molecule has 0 unspecified atom stereocenters. The van der Waals surface area contributed by atoms with Crippen LogP contribution in [0.25, 0.3) is 0 Å². The molecular formula is C16H15F3N4O2. The molecule has 2 aliphatic rings. The standard InChI is InChI=1S/C16H15F3N4O2/c17-16(18,19)25-13-5-3-11(4-6-13)15(24)22-7-12(8-22)23-9-14(20-21-23)10-1-2-10/h3-6,9-10,12H,1-2,7-8H2. The van der Waals surface area contributed by atoms with Crippen LogP contribution in [0.3, 0.4) is 0 Å². The Morgan fingerprint density at radius 3 is 2.44 bits per heavy atom. The second kappa shape index (κ2) is 5.75. The number of ether oxygens (including phenoxy) is 1.